The molecule has 0 bridgehead atoms. The molecule has 0 unspecified atom stereocenters. The maximum atomic E-state index is 13.2. The van der Waals surface area contributed by atoms with E-state index in [9.17, 15) is 4.79 Å². The van der Waals surface area contributed by atoms with Gasteiger partial charge in [0.05, 0.1) is 11.3 Å². The first-order valence-electron chi connectivity index (χ1n) is 10.4. The van der Waals surface area contributed by atoms with E-state index in [1.807, 2.05) is 97.1 Å². The summed E-state index contributed by atoms with van der Waals surface area (Å²) in [5, 5.41) is 0.895. The molecule has 5 rings (SSSR count). The molecule has 4 aromatic carbocycles. The van der Waals surface area contributed by atoms with E-state index in [4.69, 9.17) is 9.47 Å². The van der Waals surface area contributed by atoms with Crippen molar-refractivity contribution in [2.24, 2.45) is 0 Å². The molecule has 4 heteroatoms. The number of rotatable bonds is 7. The highest BCUT2D eigenvalue weighted by Gasteiger charge is 2.20. The molecule has 0 aliphatic heterocycles. The van der Waals surface area contributed by atoms with Crippen LogP contribution in [0.15, 0.2) is 109 Å². The summed E-state index contributed by atoms with van der Waals surface area (Å²) in [7, 11) is 0. The fourth-order valence-corrected chi connectivity index (χ4v) is 3.70. The first kappa shape index (κ1) is 19.6. The number of hydrogen-bond acceptors (Lipinski definition) is 3. The maximum absolute atomic E-state index is 13.2. The number of nitrogens with one attached hydrogen (secondary N) is 1. The number of carbonyl (C=O) groups is 1. The lowest BCUT2D eigenvalue weighted by Crippen LogP contribution is -2.12. The molecule has 0 saturated heterocycles. The Hall–Kier alpha value is -4.31. The molecular formula is C28H21NO3. The lowest BCUT2D eigenvalue weighted by molar-refractivity contribution is 0.0924. The third kappa shape index (κ3) is 4.12. The van der Waals surface area contributed by atoms with Crippen LogP contribution in [0.3, 0.4) is 0 Å². The minimum absolute atomic E-state index is 0.0550. The number of Topliss-reactive ketones (excluding diaryl/α,β-unsaturated/α-hetero) is 1. The fourth-order valence-electron chi connectivity index (χ4n) is 3.70. The zero-order chi connectivity index (χ0) is 21.8. The molecule has 0 radical (unpaired) electrons. The van der Waals surface area contributed by atoms with Crippen LogP contribution in [0.5, 0.6) is 17.2 Å². The second-order valence-electron chi connectivity index (χ2n) is 7.38. The highest BCUT2D eigenvalue weighted by Crippen LogP contribution is 2.31. The second-order valence-corrected chi connectivity index (χ2v) is 7.38. The van der Waals surface area contributed by atoms with Crippen LogP contribution in [-0.2, 0) is 0 Å². The summed E-state index contributed by atoms with van der Waals surface area (Å²) >= 11 is 0. The van der Waals surface area contributed by atoms with Gasteiger partial charge in [0.15, 0.2) is 6.61 Å². The summed E-state index contributed by atoms with van der Waals surface area (Å²) in [5.74, 6) is 2.01. The van der Waals surface area contributed by atoms with Crippen molar-refractivity contribution in [2.75, 3.05) is 6.61 Å². The number of aromatic nitrogens is 1. The van der Waals surface area contributed by atoms with E-state index in [0.717, 1.165) is 27.9 Å². The van der Waals surface area contributed by atoms with Crippen molar-refractivity contribution in [2.45, 2.75) is 0 Å². The summed E-state index contributed by atoms with van der Waals surface area (Å²) in [6.07, 6.45) is 0. The lowest BCUT2D eigenvalue weighted by Gasteiger charge is -2.09. The van der Waals surface area contributed by atoms with Gasteiger partial charge in [-0.3, -0.25) is 4.79 Å². The average molecular weight is 419 g/mol. The predicted octanol–water partition coefficient (Wildman–Crippen LogP) is 6.89. The number of H-pyrrole nitrogens is 1. The van der Waals surface area contributed by atoms with E-state index in [1.54, 1.807) is 12.1 Å². The summed E-state index contributed by atoms with van der Waals surface area (Å²) in [4.78, 5) is 16.6. The fraction of sp³-hybridized carbons (Fsp3) is 0.0357. The van der Waals surface area contributed by atoms with Crippen LogP contribution >= 0.6 is 0 Å². The van der Waals surface area contributed by atoms with Crippen molar-refractivity contribution in [3.63, 3.8) is 0 Å². The van der Waals surface area contributed by atoms with Crippen LogP contribution < -0.4 is 9.47 Å². The molecule has 0 spiro atoms. The van der Waals surface area contributed by atoms with Crippen LogP contribution in [0, 0.1) is 0 Å². The minimum atomic E-state index is -0.0779. The molecule has 32 heavy (non-hydrogen) atoms. The highest BCUT2D eigenvalue weighted by molar-refractivity contribution is 6.13. The Balaban J connectivity index is 1.34. The summed E-state index contributed by atoms with van der Waals surface area (Å²) in [5.41, 5.74) is 3.36. The van der Waals surface area contributed by atoms with Crippen molar-refractivity contribution in [1.29, 1.82) is 0 Å². The molecule has 4 nitrogen and oxygen atoms in total. The number of carbonyl (C=O) groups excluding carboxylic acids is 1. The molecule has 1 heterocycles. The van der Waals surface area contributed by atoms with E-state index >= 15 is 0 Å². The molecule has 0 aliphatic rings. The smallest absolute Gasteiger partial charge is 0.202 e. The van der Waals surface area contributed by atoms with Gasteiger partial charge >= 0.3 is 0 Å². The number of aromatic amines is 1. The number of ketones is 1. The van der Waals surface area contributed by atoms with E-state index in [2.05, 4.69) is 4.98 Å². The second kappa shape index (κ2) is 8.82. The maximum Gasteiger partial charge on any atom is 0.202 e. The van der Waals surface area contributed by atoms with Crippen molar-refractivity contribution in [3.8, 4) is 28.5 Å². The monoisotopic (exact) mass is 419 g/mol. The zero-order valence-electron chi connectivity index (χ0n) is 17.3. The van der Waals surface area contributed by atoms with Crippen LogP contribution in [-0.4, -0.2) is 17.4 Å². The predicted molar refractivity (Wildman–Crippen MR) is 127 cm³/mol. The number of fused-ring (bicyclic) bond motifs is 1. The van der Waals surface area contributed by atoms with Gasteiger partial charge in [0.2, 0.25) is 5.78 Å². The van der Waals surface area contributed by atoms with Crippen molar-refractivity contribution in [3.05, 3.63) is 115 Å². The van der Waals surface area contributed by atoms with Crippen molar-refractivity contribution >= 4 is 16.7 Å². The Bertz CT molecular complexity index is 1340. The van der Waals surface area contributed by atoms with E-state index in [0.29, 0.717) is 17.1 Å². The Kier molecular flexibility index (Phi) is 5.41. The van der Waals surface area contributed by atoms with Gasteiger partial charge in [0, 0.05) is 10.9 Å². The Morgan fingerprint density at radius 2 is 1.25 bits per heavy atom. The van der Waals surface area contributed by atoms with Gasteiger partial charge in [-0.15, -0.1) is 0 Å². The molecule has 5 aromatic rings. The van der Waals surface area contributed by atoms with E-state index < -0.39 is 0 Å². The summed E-state index contributed by atoms with van der Waals surface area (Å²) < 4.78 is 11.6. The van der Waals surface area contributed by atoms with Crippen LogP contribution in [0.4, 0.5) is 0 Å². The van der Waals surface area contributed by atoms with Crippen molar-refractivity contribution in [1.82, 2.24) is 4.98 Å². The molecule has 156 valence electrons. The third-order valence-corrected chi connectivity index (χ3v) is 5.22. The number of benzene rings is 4. The first-order valence-corrected chi connectivity index (χ1v) is 10.4. The minimum Gasteiger partial charge on any atom is -0.485 e. The zero-order valence-corrected chi connectivity index (χ0v) is 17.3. The van der Waals surface area contributed by atoms with Crippen LogP contribution in [0.1, 0.15) is 10.4 Å². The topological polar surface area (TPSA) is 51.3 Å². The molecular weight excluding hydrogens is 398 g/mol. The van der Waals surface area contributed by atoms with Gasteiger partial charge < -0.3 is 14.5 Å². The molecule has 0 aliphatic carbocycles. The number of ether oxygens (including phenoxy) is 2. The van der Waals surface area contributed by atoms with Gasteiger partial charge in [0.1, 0.15) is 17.2 Å². The van der Waals surface area contributed by atoms with Crippen molar-refractivity contribution < 1.29 is 14.3 Å². The van der Waals surface area contributed by atoms with Gasteiger partial charge in [0.25, 0.3) is 0 Å². The summed E-state index contributed by atoms with van der Waals surface area (Å²) in [6.45, 7) is -0.0550. The van der Waals surface area contributed by atoms with Crippen LogP contribution in [0.2, 0.25) is 0 Å². The molecule has 0 atom stereocenters. The molecule has 0 amide bonds. The lowest BCUT2D eigenvalue weighted by atomic mass is 10.0. The van der Waals surface area contributed by atoms with Gasteiger partial charge in [-0.2, -0.15) is 0 Å². The van der Waals surface area contributed by atoms with Gasteiger partial charge in [-0.25, -0.2) is 0 Å². The Morgan fingerprint density at radius 1 is 0.656 bits per heavy atom. The number of hydrogen-bond donors (Lipinski definition) is 1. The summed E-state index contributed by atoms with van der Waals surface area (Å²) in [6, 6.07) is 34.6. The normalized spacial score (nSPS) is 10.8. The molecule has 0 saturated carbocycles. The molecule has 0 fully saturated rings. The number of para-hydroxylation sites is 2. The Labute approximate surface area is 186 Å². The Morgan fingerprint density at radius 3 is 2.00 bits per heavy atom. The quantitative estimate of drug-likeness (QED) is 0.292. The van der Waals surface area contributed by atoms with Gasteiger partial charge in [-0.1, -0.05) is 66.7 Å². The molecule has 1 aromatic heterocycles. The largest absolute Gasteiger partial charge is 0.485 e. The highest BCUT2D eigenvalue weighted by atomic mass is 16.5. The van der Waals surface area contributed by atoms with Crippen LogP contribution in [0.25, 0.3) is 22.2 Å². The van der Waals surface area contributed by atoms with E-state index in [1.165, 1.54) is 0 Å². The van der Waals surface area contributed by atoms with E-state index in [-0.39, 0.29) is 12.4 Å². The average Bonchev–Trinajstić information content (AvgIpc) is 3.24. The standard InChI is InChI=1S/C28H21NO3/c30-26(19-31-21-15-17-23(18-16-21)32-22-11-5-2-6-12-22)27-24-13-7-8-14-25(24)29-28(27)20-9-3-1-4-10-20/h1-18,29H,19H2. The molecule has 1 N–H and O–H groups in total. The third-order valence-electron chi connectivity index (χ3n) is 5.22. The first-order chi connectivity index (χ1) is 15.8. The SMILES string of the molecule is O=C(COc1ccc(Oc2ccccc2)cc1)c1c(-c2ccccc2)[nH]c2ccccc12. The van der Waals surface area contributed by atoms with Gasteiger partial charge in [-0.05, 0) is 48.0 Å².